The molecule has 7 heteroatoms. The first-order chi connectivity index (χ1) is 15.0. The Bertz CT molecular complexity index is 869. The number of hydrogen-bond acceptors (Lipinski definition) is 6. The van der Waals surface area contributed by atoms with Crippen LogP contribution in [0.15, 0.2) is 53.9 Å². The molecule has 1 aliphatic heterocycles. The lowest BCUT2D eigenvalue weighted by Gasteiger charge is -2.27. The minimum Gasteiger partial charge on any atom is -0.387 e. The molecule has 3 atom stereocenters. The van der Waals surface area contributed by atoms with Crippen molar-refractivity contribution in [2.45, 2.75) is 51.3 Å². The van der Waals surface area contributed by atoms with E-state index >= 15 is 0 Å². The molecule has 1 amide bonds. The van der Waals surface area contributed by atoms with Crippen LogP contribution in [0.25, 0.3) is 0 Å². The minimum absolute atomic E-state index is 0.0124. The fraction of sp³-hybridized carbons (Fsp3) is 0.458. The van der Waals surface area contributed by atoms with Crippen LogP contribution in [0.2, 0.25) is 0 Å². The van der Waals surface area contributed by atoms with Gasteiger partial charge in [-0.2, -0.15) is 5.10 Å². The summed E-state index contributed by atoms with van der Waals surface area (Å²) in [7, 11) is 1.85. The van der Waals surface area contributed by atoms with Crippen LogP contribution in [-0.2, 0) is 6.42 Å². The van der Waals surface area contributed by atoms with Gasteiger partial charge in [-0.1, -0.05) is 25.1 Å². The van der Waals surface area contributed by atoms with Crippen LogP contribution in [-0.4, -0.2) is 58.8 Å². The number of carbonyl (C=O) groups is 1. The van der Waals surface area contributed by atoms with Crippen LogP contribution < -0.4 is 10.7 Å². The number of benzene rings is 1. The molecule has 3 N–H and O–H groups in total. The Labute approximate surface area is 184 Å². The van der Waals surface area contributed by atoms with Crippen molar-refractivity contribution >= 4 is 11.6 Å². The number of pyridine rings is 1. The van der Waals surface area contributed by atoms with E-state index in [0.29, 0.717) is 18.2 Å². The van der Waals surface area contributed by atoms with Crippen molar-refractivity contribution in [3.05, 3.63) is 65.5 Å². The van der Waals surface area contributed by atoms with Gasteiger partial charge < -0.3 is 20.7 Å². The number of aliphatic hydroxyl groups excluding tert-OH is 1. The Kier molecular flexibility index (Phi) is 8.14. The standard InChI is InChI=1S/C24H33N5O2/c1-4-22(21-14-17(2)27-28-21)29(3)24(31)19-9-7-18(8-10-19)11-13-26-16-23(30)20-6-5-12-25-15-20/h5-10,12,15,17,22-23,26-27,30H,4,11,13-14,16H2,1-3H3/t17?,22?,23-/m0/s1. The first kappa shape index (κ1) is 22.9. The topological polar surface area (TPSA) is 89.9 Å². The predicted molar refractivity (Wildman–Crippen MR) is 123 cm³/mol. The summed E-state index contributed by atoms with van der Waals surface area (Å²) in [4.78, 5) is 18.8. The molecule has 31 heavy (non-hydrogen) atoms. The van der Waals surface area contributed by atoms with Crippen LogP contribution in [0.4, 0.5) is 0 Å². The largest absolute Gasteiger partial charge is 0.387 e. The lowest BCUT2D eigenvalue weighted by molar-refractivity contribution is 0.0767. The number of hydrogen-bond donors (Lipinski definition) is 3. The molecule has 0 saturated carbocycles. The van der Waals surface area contributed by atoms with Crippen molar-refractivity contribution in [1.82, 2.24) is 20.6 Å². The van der Waals surface area contributed by atoms with E-state index in [1.165, 1.54) is 0 Å². The molecule has 0 fully saturated rings. The number of rotatable bonds is 10. The van der Waals surface area contributed by atoms with Crippen molar-refractivity contribution in [3.8, 4) is 0 Å². The van der Waals surface area contributed by atoms with Gasteiger partial charge in [0.2, 0.25) is 0 Å². The molecule has 1 aliphatic rings. The molecule has 2 aromatic rings. The number of carbonyl (C=O) groups excluding carboxylic acids is 1. The average molecular weight is 424 g/mol. The Morgan fingerprint density at radius 3 is 2.71 bits per heavy atom. The fourth-order valence-electron chi connectivity index (χ4n) is 3.86. The highest BCUT2D eigenvalue weighted by atomic mass is 16.3. The molecule has 2 unspecified atom stereocenters. The fourth-order valence-corrected chi connectivity index (χ4v) is 3.86. The summed E-state index contributed by atoms with van der Waals surface area (Å²) < 4.78 is 0. The van der Waals surface area contributed by atoms with Crippen LogP contribution in [0.3, 0.4) is 0 Å². The first-order valence-electron chi connectivity index (χ1n) is 11.0. The molecule has 1 aromatic carbocycles. The van der Waals surface area contributed by atoms with Gasteiger partial charge >= 0.3 is 0 Å². The zero-order valence-electron chi connectivity index (χ0n) is 18.6. The van der Waals surface area contributed by atoms with Crippen LogP contribution in [0.5, 0.6) is 0 Å². The van der Waals surface area contributed by atoms with Crippen molar-refractivity contribution in [2.75, 3.05) is 20.1 Å². The summed E-state index contributed by atoms with van der Waals surface area (Å²) in [5.41, 5.74) is 6.77. The second-order valence-electron chi connectivity index (χ2n) is 8.13. The van der Waals surface area contributed by atoms with Crippen molar-refractivity contribution in [1.29, 1.82) is 0 Å². The van der Waals surface area contributed by atoms with E-state index in [0.717, 1.165) is 42.6 Å². The van der Waals surface area contributed by atoms with Gasteiger partial charge in [-0.3, -0.25) is 9.78 Å². The lowest BCUT2D eigenvalue weighted by atomic mass is 10.0. The molecular weight excluding hydrogens is 390 g/mol. The highest BCUT2D eigenvalue weighted by molar-refractivity contribution is 5.99. The van der Waals surface area contributed by atoms with E-state index in [1.54, 1.807) is 17.3 Å². The summed E-state index contributed by atoms with van der Waals surface area (Å²) in [5.74, 6) is 0.0124. The van der Waals surface area contributed by atoms with Gasteiger partial charge in [0.25, 0.3) is 5.91 Å². The quantitative estimate of drug-likeness (QED) is 0.511. The van der Waals surface area contributed by atoms with E-state index in [9.17, 15) is 9.90 Å². The molecule has 0 spiro atoms. The third kappa shape index (κ3) is 6.12. The minimum atomic E-state index is -0.571. The number of nitrogens with zero attached hydrogens (tertiary/aromatic N) is 3. The summed E-state index contributed by atoms with van der Waals surface area (Å²) in [6.45, 7) is 5.40. The maximum Gasteiger partial charge on any atom is 0.254 e. The van der Waals surface area contributed by atoms with Crippen LogP contribution in [0.1, 0.15) is 54.3 Å². The van der Waals surface area contributed by atoms with Gasteiger partial charge in [0, 0.05) is 49.6 Å². The highest BCUT2D eigenvalue weighted by Gasteiger charge is 2.28. The molecule has 2 heterocycles. The predicted octanol–water partition coefficient (Wildman–Crippen LogP) is 2.54. The van der Waals surface area contributed by atoms with Crippen LogP contribution >= 0.6 is 0 Å². The van der Waals surface area contributed by atoms with E-state index in [-0.39, 0.29) is 11.9 Å². The number of hydrazone groups is 1. The Morgan fingerprint density at radius 2 is 2.10 bits per heavy atom. The lowest BCUT2D eigenvalue weighted by Crippen LogP contribution is -2.41. The second-order valence-corrected chi connectivity index (χ2v) is 8.13. The summed E-state index contributed by atoms with van der Waals surface area (Å²) >= 11 is 0. The number of amides is 1. The maximum atomic E-state index is 13.0. The number of aliphatic hydroxyl groups is 1. The van der Waals surface area contributed by atoms with E-state index in [2.05, 4.69) is 34.7 Å². The molecular formula is C24H33N5O2. The molecule has 0 bridgehead atoms. The van der Waals surface area contributed by atoms with E-state index < -0.39 is 6.10 Å². The smallest absolute Gasteiger partial charge is 0.254 e. The number of aromatic nitrogens is 1. The Hall–Kier alpha value is -2.77. The van der Waals surface area contributed by atoms with Crippen molar-refractivity contribution in [3.63, 3.8) is 0 Å². The molecule has 0 aliphatic carbocycles. The number of nitrogens with one attached hydrogen (secondary N) is 2. The SMILES string of the molecule is CCC(C1=NNC(C)C1)N(C)C(=O)c1ccc(CCNC[C@H](O)c2cccnc2)cc1. The van der Waals surface area contributed by atoms with Gasteiger partial charge in [0.05, 0.1) is 17.9 Å². The molecule has 166 valence electrons. The summed E-state index contributed by atoms with van der Waals surface area (Å²) in [6, 6.07) is 11.8. The van der Waals surface area contributed by atoms with Gasteiger partial charge in [0.1, 0.15) is 0 Å². The highest BCUT2D eigenvalue weighted by Crippen LogP contribution is 2.17. The zero-order chi connectivity index (χ0) is 22.2. The second kappa shape index (κ2) is 11.0. The van der Waals surface area contributed by atoms with Gasteiger partial charge in [-0.15, -0.1) is 0 Å². The van der Waals surface area contributed by atoms with E-state index in [4.69, 9.17) is 0 Å². The third-order valence-electron chi connectivity index (χ3n) is 5.70. The maximum absolute atomic E-state index is 13.0. The van der Waals surface area contributed by atoms with Crippen LogP contribution in [0, 0.1) is 0 Å². The van der Waals surface area contributed by atoms with Crippen molar-refractivity contribution < 1.29 is 9.90 Å². The Balaban J connectivity index is 1.48. The zero-order valence-corrected chi connectivity index (χ0v) is 18.6. The van der Waals surface area contributed by atoms with E-state index in [1.807, 2.05) is 43.4 Å². The van der Waals surface area contributed by atoms with Crippen molar-refractivity contribution in [2.24, 2.45) is 5.10 Å². The Morgan fingerprint density at radius 1 is 1.32 bits per heavy atom. The average Bonchev–Trinajstić information content (AvgIpc) is 3.23. The van der Waals surface area contributed by atoms with Gasteiger partial charge in [0.15, 0.2) is 0 Å². The summed E-state index contributed by atoms with van der Waals surface area (Å²) in [6.07, 6.45) is 5.33. The molecule has 1 aromatic heterocycles. The summed E-state index contributed by atoms with van der Waals surface area (Å²) in [5, 5.41) is 17.9. The first-order valence-corrected chi connectivity index (χ1v) is 11.0. The molecule has 0 radical (unpaired) electrons. The van der Waals surface area contributed by atoms with Gasteiger partial charge in [-0.25, -0.2) is 0 Å². The molecule has 3 rings (SSSR count). The molecule has 0 saturated heterocycles. The molecule has 7 nitrogen and oxygen atoms in total. The monoisotopic (exact) mass is 423 g/mol. The van der Waals surface area contributed by atoms with Gasteiger partial charge in [-0.05, 0) is 50.1 Å². The normalized spacial score (nSPS) is 17.5. The third-order valence-corrected chi connectivity index (χ3v) is 5.70.